The molecule has 1 aliphatic rings. The number of carboxylic acids is 1. The Morgan fingerprint density at radius 2 is 2.22 bits per heavy atom. The maximum atomic E-state index is 11.6. The van der Waals surface area contributed by atoms with E-state index in [0.29, 0.717) is 12.8 Å². The quantitative estimate of drug-likeness (QED) is 0.919. The van der Waals surface area contributed by atoms with Crippen LogP contribution in [0.4, 0.5) is 0 Å². The lowest BCUT2D eigenvalue weighted by Gasteiger charge is -2.30. The summed E-state index contributed by atoms with van der Waals surface area (Å²) in [6.45, 7) is 2.78. The van der Waals surface area contributed by atoms with Gasteiger partial charge in [0.05, 0.1) is 11.7 Å². The summed E-state index contributed by atoms with van der Waals surface area (Å²) in [4.78, 5) is 22.6. The minimum atomic E-state index is -0.749. The number of hydrogen-bond donors (Lipinski definition) is 1. The van der Waals surface area contributed by atoms with Crippen LogP contribution in [-0.2, 0) is 11.2 Å². The van der Waals surface area contributed by atoms with Crippen LogP contribution in [0.2, 0.25) is 0 Å². The first kappa shape index (κ1) is 15.6. The highest BCUT2D eigenvalue weighted by Crippen LogP contribution is 2.31. The van der Waals surface area contributed by atoms with Crippen molar-refractivity contribution in [1.82, 2.24) is 14.9 Å². The van der Waals surface area contributed by atoms with E-state index in [9.17, 15) is 9.90 Å². The molecule has 0 saturated carbocycles. The van der Waals surface area contributed by atoms with Crippen LogP contribution in [0, 0.1) is 6.92 Å². The van der Waals surface area contributed by atoms with Crippen molar-refractivity contribution in [2.75, 3.05) is 6.54 Å². The summed E-state index contributed by atoms with van der Waals surface area (Å²) in [5.74, 6) is -0.749. The van der Waals surface area contributed by atoms with Crippen LogP contribution in [0.15, 0.2) is 42.7 Å². The number of likely N-dealkylation sites (tertiary alicyclic amines) is 1. The van der Waals surface area contributed by atoms with Crippen LogP contribution >= 0.6 is 0 Å². The molecule has 5 nitrogen and oxygen atoms in total. The van der Waals surface area contributed by atoms with Gasteiger partial charge in [-0.25, -0.2) is 0 Å². The lowest BCUT2D eigenvalue weighted by molar-refractivity contribution is -0.143. The Labute approximate surface area is 136 Å². The molecule has 1 aliphatic heterocycles. The largest absolute Gasteiger partial charge is 0.480 e. The molecule has 2 atom stereocenters. The number of aliphatic carboxylic acids is 1. The van der Waals surface area contributed by atoms with Crippen molar-refractivity contribution in [1.29, 1.82) is 0 Å². The Morgan fingerprint density at radius 1 is 1.35 bits per heavy atom. The number of aromatic nitrogens is 2. The fraction of sp³-hybridized carbons (Fsp3) is 0.389. The second kappa shape index (κ2) is 6.87. The molecule has 1 saturated heterocycles. The van der Waals surface area contributed by atoms with Gasteiger partial charge in [-0.05, 0) is 50.1 Å². The summed E-state index contributed by atoms with van der Waals surface area (Å²) < 4.78 is 0. The predicted octanol–water partition coefficient (Wildman–Crippen LogP) is 2.62. The summed E-state index contributed by atoms with van der Waals surface area (Å²) >= 11 is 0. The van der Waals surface area contributed by atoms with Gasteiger partial charge in [-0.3, -0.25) is 19.7 Å². The van der Waals surface area contributed by atoms with Crippen LogP contribution < -0.4 is 0 Å². The van der Waals surface area contributed by atoms with E-state index in [4.69, 9.17) is 0 Å². The van der Waals surface area contributed by atoms with Crippen molar-refractivity contribution in [3.05, 3.63) is 59.7 Å². The first-order chi connectivity index (χ1) is 11.1. The molecule has 0 aromatic carbocycles. The molecule has 2 unspecified atom stereocenters. The van der Waals surface area contributed by atoms with Gasteiger partial charge in [0.1, 0.15) is 6.04 Å². The van der Waals surface area contributed by atoms with Gasteiger partial charge in [0, 0.05) is 24.5 Å². The highest BCUT2D eigenvalue weighted by molar-refractivity contribution is 5.73. The van der Waals surface area contributed by atoms with E-state index < -0.39 is 12.0 Å². The average Bonchev–Trinajstić information content (AvgIpc) is 3.04. The van der Waals surface area contributed by atoms with Crippen LogP contribution in [-0.4, -0.2) is 38.5 Å². The van der Waals surface area contributed by atoms with Gasteiger partial charge in [-0.1, -0.05) is 12.1 Å². The zero-order valence-electron chi connectivity index (χ0n) is 13.2. The normalized spacial score (nSPS) is 19.6. The number of pyridine rings is 2. The van der Waals surface area contributed by atoms with Gasteiger partial charge in [-0.15, -0.1) is 0 Å². The van der Waals surface area contributed by atoms with Crippen molar-refractivity contribution < 1.29 is 9.90 Å². The predicted molar refractivity (Wildman–Crippen MR) is 87.0 cm³/mol. The molecule has 120 valence electrons. The van der Waals surface area contributed by atoms with Gasteiger partial charge >= 0.3 is 5.97 Å². The molecular formula is C18H21N3O2. The van der Waals surface area contributed by atoms with E-state index in [1.165, 1.54) is 0 Å². The Kier molecular flexibility index (Phi) is 4.67. The molecule has 0 aliphatic carbocycles. The monoisotopic (exact) mass is 311 g/mol. The first-order valence-corrected chi connectivity index (χ1v) is 7.96. The standard InChI is InChI=1S/C18H21N3O2/c1-13-7-8-15(20-12-13)17(11-14-5-2-3-9-19-14)21-10-4-6-16(21)18(22)23/h2-3,5,7-9,12,16-17H,4,6,10-11H2,1H3,(H,22,23). The molecule has 2 aromatic rings. The van der Waals surface area contributed by atoms with Crippen molar-refractivity contribution in [2.24, 2.45) is 0 Å². The maximum absolute atomic E-state index is 11.6. The summed E-state index contributed by atoms with van der Waals surface area (Å²) in [5.41, 5.74) is 2.96. The molecule has 2 aromatic heterocycles. The Hall–Kier alpha value is -2.27. The summed E-state index contributed by atoms with van der Waals surface area (Å²) in [6.07, 6.45) is 5.88. The van der Waals surface area contributed by atoms with Gasteiger partial charge in [0.2, 0.25) is 0 Å². The van der Waals surface area contributed by atoms with Crippen molar-refractivity contribution in [3.63, 3.8) is 0 Å². The van der Waals surface area contributed by atoms with E-state index in [0.717, 1.165) is 29.9 Å². The lowest BCUT2D eigenvalue weighted by atomic mass is 10.0. The summed E-state index contributed by atoms with van der Waals surface area (Å²) in [7, 11) is 0. The number of hydrogen-bond acceptors (Lipinski definition) is 4. The molecule has 0 radical (unpaired) electrons. The lowest BCUT2D eigenvalue weighted by Crippen LogP contribution is -2.40. The van der Waals surface area contributed by atoms with E-state index in [1.54, 1.807) is 6.20 Å². The highest BCUT2D eigenvalue weighted by Gasteiger charge is 2.36. The molecule has 0 bridgehead atoms. The molecule has 23 heavy (non-hydrogen) atoms. The van der Waals surface area contributed by atoms with Crippen molar-refractivity contribution >= 4 is 5.97 Å². The van der Waals surface area contributed by atoms with Gasteiger partial charge in [-0.2, -0.15) is 0 Å². The van der Waals surface area contributed by atoms with Gasteiger partial charge in [0.15, 0.2) is 0 Å². The number of aryl methyl sites for hydroxylation is 1. The third kappa shape index (κ3) is 3.56. The third-order valence-corrected chi connectivity index (χ3v) is 4.38. The second-order valence-electron chi connectivity index (χ2n) is 6.04. The molecule has 1 N–H and O–H groups in total. The number of carboxylic acid groups (broad SMARTS) is 1. The molecule has 0 spiro atoms. The summed E-state index contributed by atoms with van der Waals surface area (Å²) in [5, 5.41) is 9.51. The summed E-state index contributed by atoms with van der Waals surface area (Å²) in [6, 6.07) is 9.35. The Morgan fingerprint density at radius 3 is 2.87 bits per heavy atom. The van der Waals surface area contributed by atoms with E-state index in [1.807, 2.05) is 43.5 Å². The van der Waals surface area contributed by atoms with Crippen LogP contribution in [0.3, 0.4) is 0 Å². The molecular weight excluding hydrogens is 290 g/mol. The maximum Gasteiger partial charge on any atom is 0.320 e. The zero-order valence-corrected chi connectivity index (χ0v) is 13.2. The van der Waals surface area contributed by atoms with Gasteiger partial charge in [0.25, 0.3) is 0 Å². The van der Waals surface area contributed by atoms with E-state index in [-0.39, 0.29) is 6.04 Å². The molecule has 5 heteroatoms. The molecule has 3 heterocycles. The minimum Gasteiger partial charge on any atom is -0.480 e. The molecule has 0 amide bonds. The van der Waals surface area contributed by atoms with Gasteiger partial charge < -0.3 is 5.11 Å². The van der Waals surface area contributed by atoms with Crippen LogP contribution in [0.1, 0.15) is 35.8 Å². The third-order valence-electron chi connectivity index (χ3n) is 4.38. The van der Waals surface area contributed by atoms with Crippen LogP contribution in [0.5, 0.6) is 0 Å². The first-order valence-electron chi connectivity index (χ1n) is 7.96. The van der Waals surface area contributed by atoms with Crippen LogP contribution in [0.25, 0.3) is 0 Å². The SMILES string of the molecule is Cc1ccc(C(Cc2ccccn2)N2CCCC2C(=O)O)nc1. The number of carbonyl (C=O) groups is 1. The minimum absolute atomic E-state index is 0.0610. The van der Waals surface area contributed by atoms with Crippen molar-refractivity contribution in [2.45, 2.75) is 38.3 Å². The van der Waals surface area contributed by atoms with E-state index >= 15 is 0 Å². The Bertz CT molecular complexity index is 658. The zero-order chi connectivity index (χ0) is 16.2. The highest BCUT2D eigenvalue weighted by atomic mass is 16.4. The number of rotatable bonds is 5. The molecule has 1 fully saturated rings. The van der Waals surface area contributed by atoms with Crippen molar-refractivity contribution in [3.8, 4) is 0 Å². The second-order valence-corrected chi connectivity index (χ2v) is 6.04. The molecule has 3 rings (SSSR count). The Balaban J connectivity index is 1.92. The van der Waals surface area contributed by atoms with E-state index in [2.05, 4.69) is 14.9 Å². The smallest absolute Gasteiger partial charge is 0.320 e. The topological polar surface area (TPSA) is 66.3 Å². The number of nitrogens with zero attached hydrogens (tertiary/aromatic N) is 3. The fourth-order valence-electron chi connectivity index (χ4n) is 3.21. The fourth-order valence-corrected chi connectivity index (χ4v) is 3.21. The average molecular weight is 311 g/mol.